The maximum Gasteiger partial charge on any atom is 0.344 e. The molecule has 2 aromatic heterocycles. The predicted molar refractivity (Wildman–Crippen MR) is 113 cm³/mol. The third-order valence-corrected chi connectivity index (χ3v) is 6.96. The van der Waals surface area contributed by atoms with E-state index in [2.05, 4.69) is 27.9 Å². The third kappa shape index (κ3) is 3.93. The first-order valence-electron chi connectivity index (χ1n) is 10.4. The van der Waals surface area contributed by atoms with Gasteiger partial charge in [-0.1, -0.05) is 18.7 Å². The predicted octanol–water partition coefficient (Wildman–Crippen LogP) is 2.49. The lowest BCUT2D eigenvalue weighted by molar-refractivity contribution is -0.139. The maximum absolute atomic E-state index is 12.9. The molecule has 0 unspecified atom stereocenters. The first kappa shape index (κ1) is 21.4. The van der Waals surface area contributed by atoms with Crippen molar-refractivity contribution < 1.29 is 18.8 Å². The van der Waals surface area contributed by atoms with Crippen LogP contribution in [0.5, 0.6) is 0 Å². The van der Waals surface area contributed by atoms with Gasteiger partial charge in [0.1, 0.15) is 11.3 Å². The van der Waals surface area contributed by atoms with Gasteiger partial charge in [-0.25, -0.2) is 4.79 Å². The smallest absolute Gasteiger partial charge is 0.344 e. The monoisotopic (exact) mass is 446 g/mol. The van der Waals surface area contributed by atoms with Crippen molar-refractivity contribution >= 4 is 29.6 Å². The van der Waals surface area contributed by atoms with Crippen LogP contribution in [0, 0.1) is 12.8 Å². The van der Waals surface area contributed by atoms with Crippen molar-refractivity contribution in [1.82, 2.24) is 30.5 Å². The Morgan fingerprint density at radius 2 is 2.10 bits per heavy atom. The number of aromatic nitrogens is 3. The summed E-state index contributed by atoms with van der Waals surface area (Å²) in [5, 5.41) is 12.6. The fraction of sp³-hybridized carbons (Fsp3) is 0.550. The number of aryl methyl sites for hydroxylation is 1. The molecule has 2 fully saturated rings. The molecule has 1 saturated heterocycles. The van der Waals surface area contributed by atoms with E-state index in [4.69, 9.17) is 4.42 Å². The molecule has 1 aliphatic heterocycles. The molecular formula is C20H26N6O4S. The van der Waals surface area contributed by atoms with Gasteiger partial charge in [-0.15, -0.1) is 10.2 Å². The van der Waals surface area contributed by atoms with Crippen LogP contribution >= 0.6 is 11.8 Å². The second-order valence-electron chi connectivity index (χ2n) is 8.10. The van der Waals surface area contributed by atoms with Crippen molar-refractivity contribution in [2.45, 2.75) is 63.7 Å². The largest absolute Gasteiger partial charge is 0.469 e. The van der Waals surface area contributed by atoms with Gasteiger partial charge in [0.25, 0.3) is 5.91 Å². The Bertz CT molecular complexity index is 1010. The van der Waals surface area contributed by atoms with E-state index in [1.165, 1.54) is 11.8 Å². The first-order chi connectivity index (χ1) is 14.8. The lowest BCUT2D eigenvalue weighted by Gasteiger charge is -2.33. The molecule has 3 heterocycles. The van der Waals surface area contributed by atoms with Crippen molar-refractivity contribution in [2.24, 2.45) is 5.92 Å². The standard InChI is InChI=1S/C20H26N6O4S/c1-4-25-16(14-7-10-30-13(14)3)22-23-19(25)31-11-15(27)24-26-17(28)20(21-18(26)29)8-5-12(2)6-9-20/h7,10,12H,4-6,8-9,11H2,1-3H3,(H,21,29)(H,24,27). The number of hydrazine groups is 1. The Hall–Kier alpha value is -2.82. The van der Waals surface area contributed by atoms with Crippen molar-refractivity contribution in [3.63, 3.8) is 0 Å². The maximum atomic E-state index is 12.9. The molecule has 2 aliphatic rings. The number of carbonyl (C=O) groups is 3. The summed E-state index contributed by atoms with van der Waals surface area (Å²) >= 11 is 1.19. The highest BCUT2D eigenvalue weighted by Crippen LogP contribution is 2.36. The Morgan fingerprint density at radius 1 is 1.35 bits per heavy atom. The lowest BCUT2D eigenvalue weighted by Crippen LogP contribution is -2.51. The van der Waals surface area contributed by atoms with Gasteiger partial charge in [0.2, 0.25) is 5.91 Å². The number of thioether (sulfide) groups is 1. The minimum absolute atomic E-state index is 0.0103. The van der Waals surface area contributed by atoms with Gasteiger partial charge in [0.05, 0.1) is 17.6 Å². The van der Waals surface area contributed by atoms with Crippen molar-refractivity contribution in [1.29, 1.82) is 0 Å². The Balaban J connectivity index is 1.39. The summed E-state index contributed by atoms with van der Waals surface area (Å²) in [6, 6.07) is 1.25. The fourth-order valence-corrected chi connectivity index (χ4v) is 4.89. The number of amides is 4. The molecule has 1 spiro atoms. The molecule has 4 amide bonds. The van der Waals surface area contributed by atoms with Crippen LogP contribution in [0.1, 0.15) is 45.3 Å². The minimum atomic E-state index is -0.885. The van der Waals surface area contributed by atoms with E-state index in [-0.39, 0.29) is 11.7 Å². The molecule has 0 aromatic carbocycles. The quantitative estimate of drug-likeness (QED) is 0.516. The van der Waals surface area contributed by atoms with Crippen molar-refractivity contribution in [3.05, 3.63) is 18.1 Å². The summed E-state index contributed by atoms with van der Waals surface area (Å²) in [6.07, 6.45) is 4.52. The molecule has 31 heavy (non-hydrogen) atoms. The zero-order valence-corrected chi connectivity index (χ0v) is 18.6. The second-order valence-corrected chi connectivity index (χ2v) is 9.04. The summed E-state index contributed by atoms with van der Waals surface area (Å²) in [6.45, 7) is 6.57. The number of imide groups is 1. The van der Waals surface area contributed by atoms with Crippen molar-refractivity contribution in [3.8, 4) is 11.4 Å². The van der Waals surface area contributed by atoms with Gasteiger partial charge in [0, 0.05) is 6.54 Å². The zero-order valence-electron chi connectivity index (χ0n) is 17.8. The van der Waals surface area contributed by atoms with E-state index in [1.807, 2.05) is 24.5 Å². The van der Waals surface area contributed by atoms with Crippen LogP contribution in [-0.4, -0.2) is 48.9 Å². The summed E-state index contributed by atoms with van der Waals surface area (Å²) in [7, 11) is 0. The van der Waals surface area contributed by atoms with Gasteiger partial charge in [-0.05, 0) is 51.5 Å². The number of nitrogens with one attached hydrogen (secondary N) is 2. The van der Waals surface area contributed by atoms with E-state index in [1.54, 1.807) is 6.26 Å². The average molecular weight is 447 g/mol. The minimum Gasteiger partial charge on any atom is -0.469 e. The van der Waals surface area contributed by atoms with Crippen LogP contribution in [-0.2, 0) is 16.1 Å². The molecule has 10 nitrogen and oxygen atoms in total. The van der Waals surface area contributed by atoms with Crippen LogP contribution in [0.4, 0.5) is 4.79 Å². The number of rotatable bonds is 6. The van der Waals surface area contributed by atoms with Crippen LogP contribution in [0.25, 0.3) is 11.4 Å². The molecule has 1 saturated carbocycles. The molecule has 4 rings (SSSR count). The number of urea groups is 1. The lowest BCUT2D eigenvalue weighted by atomic mass is 9.77. The topological polar surface area (TPSA) is 122 Å². The molecule has 0 atom stereocenters. The molecule has 0 radical (unpaired) electrons. The average Bonchev–Trinajstić information content (AvgIpc) is 3.41. The molecular weight excluding hydrogens is 420 g/mol. The Labute approximate surface area is 184 Å². The highest BCUT2D eigenvalue weighted by molar-refractivity contribution is 7.99. The normalized spacial score (nSPS) is 23.5. The van der Waals surface area contributed by atoms with Gasteiger partial charge >= 0.3 is 6.03 Å². The third-order valence-electron chi connectivity index (χ3n) is 5.99. The summed E-state index contributed by atoms with van der Waals surface area (Å²) in [4.78, 5) is 37.7. The Kier molecular flexibility index (Phi) is 5.78. The molecule has 0 bridgehead atoms. The highest BCUT2D eigenvalue weighted by atomic mass is 32.2. The van der Waals surface area contributed by atoms with E-state index in [0.29, 0.717) is 36.3 Å². The molecule has 2 aromatic rings. The van der Waals surface area contributed by atoms with Crippen LogP contribution < -0.4 is 10.7 Å². The summed E-state index contributed by atoms with van der Waals surface area (Å²) in [5.74, 6) is 1.09. The molecule has 2 N–H and O–H groups in total. The summed E-state index contributed by atoms with van der Waals surface area (Å²) < 4.78 is 7.24. The van der Waals surface area contributed by atoms with Gasteiger partial charge in [-0.3, -0.25) is 15.0 Å². The van der Waals surface area contributed by atoms with Crippen LogP contribution in [0.15, 0.2) is 21.9 Å². The summed E-state index contributed by atoms with van der Waals surface area (Å²) in [5.41, 5.74) is 2.41. The second kappa shape index (κ2) is 8.37. The van der Waals surface area contributed by atoms with Crippen LogP contribution in [0.3, 0.4) is 0 Å². The number of nitrogens with zero attached hydrogens (tertiary/aromatic N) is 4. The number of furan rings is 1. The van der Waals surface area contributed by atoms with Gasteiger partial charge < -0.3 is 14.3 Å². The van der Waals surface area contributed by atoms with Gasteiger partial charge in [-0.2, -0.15) is 5.01 Å². The number of hydrogen-bond acceptors (Lipinski definition) is 7. The van der Waals surface area contributed by atoms with E-state index in [9.17, 15) is 14.4 Å². The van der Waals surface area contributed by atoms with Crippen LogP contribution in [0.2, 0.25) is 0 Å². The van der Waals surface area contributed by atoms with E-state index < -0.39 is 17.5 Å². The Morgan fingerprint density at radius 3 is 2.74 bits per heavy atom. The zero-order chi connectivity index (χ0) is 22.2. The SMILES string of the molecule is CCn1c(SCC(=O)NN2C(=O)NC3(CCC(C)CC3)C2=O)nnc1-c1ccoc1C. The van der Waals surface area contributed by atoms with E-state index >= 15 is 0 Å². The fourth-order valence-electron chi connectivity index (χ4n) is 4.10. The molecule has 11 heteroatoms. The number of hydrogen-bond donors (Lipinski definition) is 2. The molecule has 1 aliphatic carbocycles. The molecule has 166 valence electrons. The number of carbonyl (C=O) groups excluding carboxylic acids is 3. The first-order valence-corrected chi connectivity index (χ1v) is 11.4. The van der Waals surface area contributed by atoms with Gasteiger partial charge in [0.15, 0.2) is 11.0 Å². The van der Waals surface area contributed by atoms with E-state index in [0.717, 1.165) is 29.2 Å². The highest BCUT2D eigenvalue weighted by Gasteiger charge is 2.52. The van der Waals surface area contributed by atoms with Crippen molar-refractivity contribution in [2.75, 3.05) is 5.75 Å².